The molecule has 5 heterocycles. The molecule has 1 N–H and O–H groups in total. The van der Waals surface area contributed by atoms with Gasteiger partial charge in [-0.2, -0.15) is 9.97 Å². The molecule has 1 aliphatic carbocycles. The number of fused-ring (bicyclic) bond motifs is 1. The lowest BCUT2D eigenvalue weighted by molar-refractivity contribution is -0.134. The van der Waals surface area contributed by atoms with Crippen LogP contribution in [0.5, 0.6) is 0 Å². The van der Waals surface area contributed by atoms with Crippen LogP contribution in [0.1, 0.15) is 57.2 Å². The zero-order valence-electron chi connectivity index (χ0n) is 23.8. The molecule has 7 rings (SSSR count). The number of carbonyl (C=O) groups excluding carboxylic acids is 1. The van der Waals surface area contributed by atoms with E-state index in [0.717, 1.165) is 51.7 Å². The average molecular weight is 581 g/mol. The number of benzene rings is 1. The van der Waals surface area contributed by atoms with Gasteiger partial charge >= 0.3 is 0 Å². The number of carbonyl (C=O) groups is 1. The molecule has 3 saturated heterocycles. The molecular formula is C30H38F2N8O2. The molecule has 10 nitrogen and oxygen atoms in total. The molecule has 4 aliphatic rings. The van der Waals surface area contributed by atoms with E-state index in [1.807, 2.05) is 6.07 Å². The molecule has 1 unspecified atom stereocenters. The Hall–Kier alpha value is -3.38. The molecule has 0 bridgehead atoms. The first-order chi connectivity index (χ1) is 20.5. The molecule has 1 aromatic carbocycles. The minimum atomic E-state index is -2.76. The number of nitrogens with one attached hydrogen (secondary N) is 1. The third-order valence-electron chi connectivity index (χ3n) is 9.31. The van der Waals surface area contributed by atoms with Gasteiger partial charge in [0.1, 0.15) is 11.6 Å². The molecule has 4 fully saturated rings. The summed E-state index contributed by atoms with van der Waals surface area (Å²) in [5, 5.41) is 3.52. The van der Waals surface area contributed by atoms with E-state index in [-0.39, 0.29) is 23.9 Å². The van der Waals surface area contributed by atoms with Crippen LogP contribution < -0.4 is 10.2 Å². The van der Waals surface area contributed by atoms with Gasteiger partial charge in [0, 0.05) is 37.8 Å². The lowest BCUT2D eigenvalue weighted by Gasteiger charge is -2.35. The zero-order chi connectivity index (χ0) is 28.6. The quantitative estimate of drug-likeness (QED) is 0.449. The summed E-state index contributed by atoms with van der Waals surface area (Å²) in [5.74, 6) is 1.43. The summed E-state index contributed by atoms with van der Waals surface area (Å²) in [7, 11) is 0. The first-order valence-corrected chi connectivity index (χ1v) is 15.3. The zero-order valence-corrected chi connectivity index (χ0v) is 23.8. The summed E-state index contributed by atoms with van der Waals surface area (Å²) >= 11 is 0. The number of hydrogen-bond acceptors (Lipinski definition) is 8. The van der Waals surface area contributed by atoms with Gasteiger partial charge in [0.2, 0.25) is 11.9 Å². The number of likely N-dealkylation sites (tertiary alicyclic amines) is 2. The van der Waals surface area contributed by atoms with E-state index in [2.05, 4.69) is 25.0 Å². The van der Waals surface area contributed by atoms with Gasteiger partial charge in [0.05, 0.1) is 30.3 Å². The lowest BCUT2D eigenvalue weighted by Crippen LogP contribution is -2.46. The van der Waals surface area contributed by atoms with Crippen LogP contribution in [0.3, 0.4) is 0 Å². The van der Waals surface area contributed by atoms with E-state index in [1.54, 1.807) is 24.3 Å². The number of amides is 1. The lowest BCUT2D eigenvalue weighted by atomic mass is 9.90. The number of para-hydroxylation sites is 2. The number of halogens is 2. The number of morpholine rings is 1. The molecule has 2 aromatic heterocycles. The number of ether oxygens (including phenoxy) is 1. The molecule has 3 aliphatic heterocycles. The normalized spacial score (nSPS) is 25.7. The van der Waals surface area contributed by atoms with Crippen LogP contribution in [0.15, 0.2) is 30.3 Å². The van der Waals surface area contributed by atoms with Crippen LogP contribution in [0.2, 0.25) is 0 Å². The Balaban J connectivity index is 1.11. The fourth-order valence-electron chi connectivity index (χ4n) is 7.14. The number of rotatable bonds is 7. The third-order valence-corrected chi connectivity index (χ3v) is 9.31. The molecule has 0 spiro atoms. The van der Waals surface area contributed by atoms with Crippen molar-refractivity contribution in [2.45, 2.75) is 69.5 Å². The van der Waals surface area contributed by atoms with E-state index in [0.29, 0.717) is 60.8 Å². The predicted molar refractivity (Wildman–Crippen MR) is 155 cm³/mol. The van der Waals surface area contributed by atoms with Crippen molar-refractivity contribution < 1.29 is 18.3 Å². The van der Waals surface area contributed by atoms with Crippen LogP contribution >= 0.6 is 0 Å². The first-order valence-electron chi connectivity index (χ1n) is 15.3. The van der Waals surface area contributed by atoms with Crippen molar-refractivity contribution in [3.05, 3.63) is 36.2 Å². The SMILES string of the molecule is O=C1C(N2CCCC2)CCN1C1CCC(Nc2nc(N3CCOCC3)cc(-n3c(C(F)F)nc4ccccc43)n2)CC1. The fourth-order valence-corrected chi connectivity index (χ4v) is 7.14. The largest absolute Gasteiger partial charge is 0.378 e. The summed E-state index contributed by atoms with van der Waals surface area (Å²) in [6.45, 7) is 5.42. The van der Waals surface area contributed by atoms with Gasteiger partial charge in [-0.05, 0) is 70.2 Å². The predicted octanol–water partition coefficient (Wildman–Crippen LogP) is 4.01. The van der Waals surface area contributed by atoms with E-state index < -0.39 is 6.43 Å². The molecule has 1 atom stereocenters. The van der Waals surface area contributed by atoms with E-state index >= 15 is 0 Å². The van der Waals surface area contributed by atoms with E-state index in [1.165, 1.54) is 17.4 Å². The number of imidazole rings is 1. The monoisotopic (exact) mass is 580 g/mol. The Morgan fingerprint density at radius 2 is 1.62 bits per heavy atom. The van der Waals surface area contributed by atoms with Crippen molar-refractivity contribution in [3.8, 4) is 5.82 Å². The number of aromatic nitrogens is 4. The standard InChI is InChI=1S/C30H38F2N8O2/c31-27(32)28-34-22-5-1-2-6-23(22)40(28)26-19-25(38-15-17-42-18-16-38)35-30(36-26)33-20-7-9-21(10-8-20)39-14-11-24(29(39)41)37-12-3-4-13-37/h1-2,5-6,19-21,24,27H,3-4,7-18H2,(H,33,35,36). The van der Waals surface area contributed by atoms with Crippen LogP contribution in [-0.4, -0.2) is 99.3 Å². The smallest absolute Gasteiger partial charge is 0.296 e. The van der Waals surface area contributed by atoms with Gasteiger partial charge in [-0.1, -0.05) is 12.1 Å². The maximum atomic E-state index is 14.2. The first kappa shape index (κ1) is 27.5. The van der Waals surface area contributed by atoms with Crippen molar-refractivity contribution in [1.29, 1.82) is 0 Å². The number of hydrogen-bond donors (Lipinski definition) is 1. The second kappa shape index (κ2) is 11.7. The Bertz CT molecular complexity index is 1410. The average Bonchev–Trinajstić information content (AvgIpc) is 3.77. The van der Waals surface area contributed by atoms with E-state index in [9.17, 15) is 13.6 Å². The van der Waals surface area contributed by atoms with Gasteiger partial charge in [-0.25, -0.2) is 13.8 Å². The Morgan fingerprint density at radius 3 is 2.38 bits per heavy atom. The molecule has 42 heavy (non-hydrogen) atoms. The molecule has 3 aromatic rings. The van der Waals surface area contributed by atoms with E-state index in [4.69, 9.17) is 14.7 Å². The van der Waals surface area contributed by atoms with Crippen molar-refractivity contribution >= 4 is 28.7 Å². The highest BCUT2D eigenvalue weighted by atomic mass is 19.3. The number of nitrogens with zero attached hydrogens (tertiary/aromatic N) is 7. The van der Waals surface area contributed by atoms with Gasteiger partial charge < -0.3 is 19.9 Å². The number of alkyl halides is 2. The molecule has 1 saturated carbocycles. The Kier molecular flexibility index (Phi) is 7.66. The van der Waals surface area contributed by atoms with Gasteiger partial charge in [-0.3, -0.25) is 14.3 Å². The van der Waals surface area contributed by atoms with Gasteiger partial charge in [0.25, 0.3) is 6.43 Å². The third kappa shape index (κ3) is 5.30. The molecule has 1 amide bonds. The van der Waals surface area contributed by atoms with Crippen LogP contribution in [0.4, 0.5) is 20.5 Å². The summed E-state index contributed by atoms with van der Waals surface area (Å²) < 4.78 is 35.3. The van der Waals surface area contributed by atoms with Crippen molar-refractivity contribution in [2.75, 3.05) is 56.2 Å². The van der Waals surface area contributed by atoms with Gasteiger partial charge in [0.15, 0.2) is 5.82 Å². The maximum absolute atomic E-state index is 14.2. The minimum Gasteiger partial charge on any atom is -0.378 e. The minimum absolute atomic E-state index is 0.0653. The van der Waals surface area contributed by atoms with Crippen LogP contribution in [0, 0.1) is 0 Å². The summed E-state index contributed by atoms with van der Waals surface area (Å²) in [6, 6.07) is 9.36. The molecule has 12 heteroatoms. The highest BCUT2D eigenvalue weighted by molar-refractivity contribution is 5.84. The second-order valence-corrected chi connectivity index (χ2v) is 11.8. The van der Waals surface area contributed by atoms with Crippen LogP contribution in [-0.2, 0) is 9.53 Å². The fraction of sp³-hybridized carbons (Fsp3) is 0.600. The maximum Gasteiger partial charge on any atom is 0.296 e. The molecule has 0 radical (unpaired) electrons. The molecular weight excluding hydrogens is 542 g/mol. The summed E-state index contributed by atoms with van der Waals surface area (Å²) in [5.41, 5.74) is 1.07. The number of anilines is 2. The van der Waals surface area contributed by atoms with Crippen molar-refractivity contribution in [3.63, 3.8) is 0 Å². The topological polar surface area (TPSA) is 91.7 Å². The Labute approximate surface area is 244 Å². The summed E-state index contributed by atoms with van der Waals surface area (Å²) in [6.07, 6.45) is 4.19. The van der Waals surface area contributed by atoms with Gasteiger partial charge in [-0.15, -0.1) is 0 Å². The van der Waals surface area contributed by atoms with Crippen molar-refractivity contribution in [1.82, 2.24) is 29.3 Å². The molecule has 224 valence electrons. The Morgan fingerprint density at radius 1 is 0.881 bits per heavy atom. The summed E-state index contributed by atoms with van der Waals surface area (Å²) in [4.78, 5) is 33.7. The van der Waals surface area contributed by atoms with Crippen molar-refractivity contribution in [2.24, 2.45) is 0 Å². The second-order valence-electron chi connectivity index (χ2n) is 11.8. The highest BCUT2D eigenvalue weighted by Gasteiger charge is 2.40. The highest BCUT2D eigenvalue weighted by Crippen LogP contribution is 2.32. The van der Waals surface area contributed by atoms with Crippen LogP contribution in [0.25, 0.3) is 16.9 Å².